The van der Waals surface area contributed by atoms with Crippen LogP contribution in [0.4, 0.5) is 10.5 Å². The van der Waals surface area contributed by atoms with E-state index in [0.717, 1.165) is 42.8 Å². The molecular weight excluding hydrogens is 380 g/mol. The van der Waals surface area contributed by atoms with Crippen LogP contribution in [0.2, 0.25) is 0 Å². The van der Waals surface area contributed by atoms with E-state index in [9.17, 15) is 9.59 Å². The third-order valence-corrected chi connectivity index (χ3v) is 5.77. The average molecular weight is 409 g/mol. The average Bonchev–Trinajstić information content (AvgIpc) is 3.17. The number of ether oxygens (including phenoxy) is 1. The number of carbonyl (C=O) groups excluding carboxylic acids is 2. The molecule has 2 atom stereocenters. The quantitative estimate of drug-likeness (QED) is 0.684. The fourth-order valence-corrected chi connectivity index (χ4v) is 4.19. The molecule has 0 bridgehead atoms. The Balaban J connectivity index is 1.30. The second-order valence-electron chi connectivity index (χ2n) is 8.02. The van der Waals surface area contributed by atoms with Gasteiger partial charge in [-0.15, -0.1) is 0 Å². The van der Waals surface area contributed by atoms with E-state index < -0.39 is 0 Å². The van der Waals surface area contributed by atoms with Gasteiger partial charge in [0.15, 0.2) is 0 Å². The largest absolute Gasteiger partial charge is 0.488 e. The zero-order valence-electron chi connectivity index (χ0n) is 17.0. The van der Waals surface area contributed by atoms with Crippen molar-refractivity contribution in [3.05, 3.63) is 59.7 Å². The van der Waals surface area contributed by atoms with Crippen molar-refractivity contribution in [2.24, 2.45) is 11.7 Å². The van der Waals surface area contributed by atoms with Crippen LogP contribution in [0.15, 0.2) is 48.5 Å². The Morgan fingerprint density at radius 2 is 1.93 bits per heavy atom. The van der Waals surface area contributed by atoms with Gasteiger partial charge in [-0.25, -0.2) is 4.79 Å². The van der Waals surface area contributed by atoms with E-state index in [-0.39, 0.29) is 24.0 Å². The maximum Gasteiger partial charge on any atom is 0.319 e. The van der Waals surface area contributed by atoms with Crippen LogP contribution in [0.5, 0.6) is 5.75 Å². The van der Waals surface area contributed by atoms with Gasteiger partial charge in [0, 0.05) is 25.2 Å². The van der Waals surface area contributed by atoms with Crippen LogP contribution in [0, 0.1) is 5.92 Å². The summed E-state index contributed by atoms with van der Waals surface area (Å²) in [4.78, 5) is 26.2. The number of hydrogen-bond acceptors (Lipinski definition) is 4. The molecule has 3 amide bonds. The van der Waals surface area contributed by atoms with Crippen LogP contribution >= 0.6 is 0 Å². The number of anilines is 1. The minimum absolute atomic E-state index is 0.0533. The molecule has 1 saturated heterocycles. The molecule has 0 unspecified atom stereocenters. The number of primary amides is 1. The summed E-state index contributed by atoms with van der Waals surface area (Å²) in [7, 11) is 0. The van der Waals surface area contributed by atoms with Gasteiger partial charge >= 0.3 is 6.03 Å². The van der Waals surface area contributed by atoms with Gasteiger partial charge in [-0.05, 0) is 42.6 Å². The van der Waals surface area contributed by atoms with Crippen LogP contribution in [-0.4, -0.2) is 42.6 Å². The van der Waals surface area contributed by atoms with E-state index in [1.807, 2.05) is 42.5 Å². The van der Waals surface area contributed by atoms with Crippen molar-refractivity contribution in [2.45, 2.75) is 31.9 Å². The zero-order valence-corrected chi connectivity index (χ0v) is 17.0. The summed E-state index contributed by atoms with van der Waals surface area (Å²) in [5, 5.41) is 5.87. The summed E-state index contributed by atoms with van der Waals surface area (Å²) >= 11 is 0. The number of nitrogens with two attached hydrogens (primary N) is 1. The summed E-state index contributed by atoms with van der Waals surface area (Å²) < 4.78 is 5.87. The lowest BCUT2D eigenvalue weighted by molar-refractivity contribution is -0.123. The van der Waals surface area contributed by atoms with Gasteiger partial charge in [-0.1, -0.05) is 36.4 Å². The second kappa shape index (κ2) is 9.17. The van der Waals surface area contributed by atoms with Crippen molar-refractivity contribution >= 4 is 17.6 Å². The molecule has 1 fully saturated rings. The van der Waals surface area contributed by atoms with Gasteiger partial charge in [0.05, 0.1) is 12.5 Å². The predicted molar refractivity (Wildman–Crippen MR) is 115 cm³/mol. The smallest absolute Gasteiger partial charge is 0.319 e. The Morgan fingerprint density at radius 3 is 2.77 bits per heavy atom. The standard InChI is InChI=1S/C23H28N4O3/c24-22(28)18-8-5-11-27(15-18)14-17-7-1-3-9-20(17)26-23(29)25-13-19-12-16-6-2-4-10-21(16)30-19/h1-4,6-7,9-10,18-19H,5,8,11-15H2,(H2,24,28)(H2,25,26,29)/t18-,19-/m0/s1. The first-order valence-corrected chi connectivity index (χ1v) is 10.5. The molecule has 4 rings (SSSR count). The van der Waals surface area contributed by atoms with Crippen molar-refractivity contribution < 1.29 is 14.3 Å². The van der Waals surface area contributed by atoms with Gasteiger partial charge in [0.1, 0.15) is 11.9 Å². The number of piperidine rings is 1. The number of likely N-dealkylation sites (tertiary alicyclic amines) is 1. The zero-order chi connectivity index (χ0) is 20.9. The van der Waals surface area contributed by atoms with E-state index >= 15 is 0 Å². The molecule has 30 heavy (non-hydrogen) atoms. The highest BCUT2D eigenvalue weighted by Crippen LogP contribution is 2.28. The highest BCUT2D eigenvalue weighted by molar-refractivity contribution is 5.90. The molecule has 0 spiro atoms. The maximum absolute atomic E-state index is 12.5. The first-order chi connectivity index (χ1) is 14.6. The van der Waals surface area contributed by atoms with Crippen molar-refractivity contribution in [3.8, 4) is 5.75 Å². The number of nitrogens with zero attached hydrogens (tertiary/aromatic N) is 1. The lowest BCUT2D eigenvalue weighted by atomic mass is 9.97. The van der Waals surface area contributed by atoms with Gasteiger partial charge in [0.2, 0.25) is 5.91 Å². The topological polar surface area (TPSA) is 96.7 Å². The summed E-state index contributed by atoms with van der Waals surface area (Å²) in [6.45, 7) is 2.69. The van der Waals surface area contributed by atoms with Crippen LogP contribution in [0.3, 0.4) is 0 Å². The molecule has 0 saturated carbocycles. The van der Waals surface area contributed by atoms with E-state index in [2.05, 4.69) is 21.6 Å². The summed E-state index contributed by atoms with van der Waals surface area (Å²) in [5.74, 6) is 0.560. The number of hydrogen-bond donors (Lipinski definition) is 3. The third kappa shape index (κ3) is 4.91. The highest BCUT2D eigenvalue weighted by atomic mass is 16.5. The van der Waals surface area contributed by atoms with E-state index in [1.54, 1.807) is 0 Å². The number of urea groups is 1. The maximum atomic E-state index is 12.5. The molecular formula is C23H28N4O3. The van der Waals surface area contributed by atoms with Crippen molar-refractivity contribution in [3.63, 3.8) is 0 Å². The van der Waals surface area contributed by atoms with Gasteiger partial charge in [0.25, 0.3) is 0 Å². The first-order valence-electron chi connectivity index (χ1n) is 10.5. The van der Waals surface area contributed by atoms with Gasteiger partial charge < -0.3 is 21.1 Å². The van der Waals surface area contributed by atoms with Gasteiger partial charge in [-0.3, -0.25) is 9.69 Å². The van der Waals surface area contributed by atoms with Crippen LogP contribution in [-0.2, 0) is 17.8 Å². The SMILES string of the molecule is NC(=O)[C@H]1CCCN(Cc2ccccc2NC(=O)NC[C@@H]2Cc3ccccc3O2)C1. The molecule has 0 radical (unpaired) electrons. The summed E-state index contributed by atoms with van der Waals surface area (Å²) in [5.41, 5.74) is 8.45. The Labute approximate surface area is 176 Å². The Kier molecular flexibility index (Phi) is 6.18. The lowest BCUT2D eigenvalue weighted by Crippen LogP contribution is -2.41. The van der Waals surface area contributed by atoms with Gasteiger partial charge in [-0.2, -0.15) is 0 Å². The number of para-hydroxylation sites is 2. The van der Waals surface area contributed by atoms with Crippen LogP contribution < -0.4 is 21.1 Å². The highest BCUT2D eigenvalue weighted by Gasteiger charge is 2.25. The van der Waals surface area contributed by atoms with Crippen LogP contribution in [0.25, 0.3) is 0 Å². The fourth-order valence-electron chi connectivity index (χ4n) is 4.19. The molecule has 7 heteroatoms. The first kappa shape index (κ1) is 20.2. The predicted octanol–water partition coefficient (Wildman–Crippen LogP) is 2.51. The van der Waals surface area contributed by atoms with E-state index in [1.165, 1.54) is 5.56 Å². The van der Waals surface area contributed by atoms with Crippen LogP contribution in [0.1, 0.15) is 24.0 Å². The van der Waals surface area contributed by atoms with Crippen molar-refractivity contribution in [1.29, 1.82) is 0 Å². The summed E-state index contributed by atoms with van der Waals surface area (Å²) in [6, 6.07) is 15.4. The Hall–Kier alpha value is -3.06. The second-order valence-corrected chi connectivity index (χ2v) is 8.02. The van der Waals surface area contributed by atoms with E-state index in [4.69, 9.17) is 10.5 Å². The molecule has 0 aromatic heterocycles. The number of nitrogens with one attached hydrogen (secondary N) is 2. The molecule has 2 aromatic carbocycles. The molecule has 158 valence electrons. The molecule has 2 heterocycles. The van der Waals surface area contributed by atoms with E-state index in [0.29, 0.717) is 19.6 Å². The number of carbonyl (C=O) groups is 2. The molecule has 0 aliphatic carbocycles. The number of fused-ring (bicyclic) bond motifs is 1. The normalized spacial score (nSPS) is 20.8. The van der Waals surface area contributed by atoms with Crippen molar-refractivity contribution in [2.75, 3.05) is 25.0 Å². The monoisotopic (exact) mass is 408 g/mol. The Bertz CT molecular complexity index is 892. The minimum atomic E-state index is -0.254. The minimum Gasteiger partial charge on any atom is -0.488 e. The molecule has 2 aliphatic rings. The molecule has 4 N–H and O–H groups in total. The lowest BCUT2D eigenvalue weighted by Gasteiger charge is -2.31. The Morgan fingerprint density at radius 1 is 1.13 bits per heavy atom. The molecule has 7 nitrogen and oxygen atoms in total. The van der Waals surface area contributed by atoms with Crippen molar-refractivity contribution in [1.82, 2.24) is 10.2 Å². The number of benzene rings is 2. The molecule has 2 aliphatic heterocycles. The number of rotatable bonds is 6. The number of amides is 3. The fraction of sp³-hybridized carbons (Fsp3) is 0.391. The molecule has 2 aromatic rings. The third-order valence-electron chi connectivity index (χ3n) is 5.77. The summed E-state index contributed by atoms with van der Waals surface area (Å²) in [6.07, 6.45) is 2.54.